The van der Waals surface area contributed by atoms with E-state index in [2.05, 4.69) is 26.2 Å². The highest BCUT2D eigenvalue weighted by Gasteiger charge is 2.25. The van der Waals surface area contributed by atoms with Crippen molar-refractivity contribution in [2.45, 2.75) is 19.9 Å². The highest BCUT2D eigenvalue weighted by Crippen LogP contribution is 2.30. The number of hydrogen-bond donors (Lipinski definition) is 3. The van der Waals surface area contributed by atoms with E-state index in [4.69, 9.17) is 16.4 Å². The maximum atomic E-state index is 13.3. The number of nitrogens with one attached hydrogen (secondary N) is 3. The van der Waals surface area contributed by atoms with E-state index in [0.717, 1.165) is 10.9 Å². The fourth-order valence-corrected chi connectivity index (χ4v) is 3.51. The molecule has 0 spiro atoms. The molecule has 3 N–H and O–H groups in total. The Morgan fingerprint density at radius 2 is 2.00 bits per heavy atom. The number of halogens is 3. The smallest absolute Gasteiger partial charge is 0.277 e. The topological polar surface area (TPSA) is 151 Å². The van der Waals surface area contributed by atoms with Crippen molar-refractivity contribution >= 4 is 35.0 Å². The van der Waals surface area contributed by atoms with Crippen LogP contribution in [-0.4, -0.2) is 52.6 Å². The maximum Gasteiger partial charge on any atom is 0.277 e. The number of nitrogens with zero attached hydrogens (tertiary/aromatic N) is 4. The van der Waals surface area contributed by atoms with Crippen molar-refractivity contribution in [3.8, 4) is 17.5 Å². The Bertz CT molecular complexity index is 1390. The fraction of sp³-hybridized carbons (Fsp3) is 0.217. The zero-order valence-corrected chi connectivity index (χ0v) is 20.3. The average molecular weight is 532 g/mol. The van der Waals surface area contributed by atoms with Gasteiger partial charge in [-0.1, -0.05) is 11.6 Å². The summed E-state index contributed by atoms with van der Waals surface area (Å²) in [6, 6.07) is 7.59. The number of hydroxylamine groups is 1. The summed E-state index contributed by atoms with van der Waals surface area (Å²) in [4.78, 5) is 46.4. The number of rotatable bonds is 9. The van der Waals surface area contributed by atoms with Crippen molar-refractivity contribution in [2.24, 2.45) is 0 Å². The highest BCUT2D eigenvalue weighted by atomic mass is 35.5. The number of anilines is 1. The average Bonchev–Trinajstić information content (AvgIpc) is 3.27. The molecule has 3 amide bonds. The van der Waals surface area contributed by atoms with Gasteiger partial charge in [0.05, 0.1) is 39.7 Å². The lowest BCUT2D eigenvalue weighted by molar-refractivity contribution is -0.126. The molecule has 0 unspecified atom stereocenters. The maximum absolute atomic E-state index is 13.3. The molecule has 0 aliphatic rings. The van der Waals surface area contributed by atoms with Gasteiger partial charge in [0.25, 0.3) is 18.2 Å². The van der Waals surface area contributed by atoms with Gasteiger partial charge in [-0.2, -0.15) is 10.4 Å². The van der Waals surface area contributed by atoms with Gasteiger partial charge in [0, 0.05) is 13.2 Å². The van der Waals surface area contributed by atoms with E-state index in [1.807, 2.05) is 6.07 Å². The van der Waals surface area contributed by atoms with E-state index in [1.54, 1.807) is 6.92 Å². The SMILES string of the molecule is CNC(=O)CONC(=O)c1cc(C#N)cc(C)c1NC(=O)c1cnn(CC(F)F)c1-c1ncccc1Cl. The first kappa shape index (κ1) is 27.2. The molecule has 3 aromatic rings. The van der Waals surface area contributed by atoms with E-state index >= 15 is 0 Å². The molecule has 11 nitrogen and oxygen atoms in total. The molecule has 0 atom stereocenters. The summed E-state index contributed by atoms with van der Waals surface area (Å²) in [5, 5.41) is 18.2. The van der Waals surface area contributed by atoms with Gasteiger partial charge in [-0.05, 0) is 36.8 Å². The van der Waals surface area contributed by atoms with Crippen LogP contribution in [0.3, 0.4) is 0 Å². The van der Waals surface area contributed by atoms with Gasteiger partial charge in [-0.25, -0.2) is 14.3 Å². The number of carbonyl (C=O) groups excluding carboxylic acids is 3. The van der Waals surface area contributed by atoms with Crippen LogP contribution >= 0.6 is 11.6 Å². The standard InChI is InChI=1S/C23H20ClF2N7O4/c1-12-6-13(8-27)7-14(23(36)32-37-11-18(34)28-2)19(12)31-22(35)15-9-30-33(10-17(25)26)21(15)20-16(24)4-3-5-29-20/h3-7,9,17H,10-11H2,1-2H3,(H,28,34)(H,31,35)(H,32,36). The Balaban J connectivity index is 2.00. The molecule has 192 valence electrons. The Morgan fingerprint density at radius 3 is 2.65 bits per heavy atom. The largest absolute Gasteiger partial charge is 0.357 e. The molecule has 37 heavy (non-hydrogen) atoms. The van der Waals surface area contributed by atoms with Gasteiger partial charge < -0.3 is 10.6 Å². The zero-order chi connectivity index (χ0) is 27.1. The van der Waals surface area contributed by atoms with E-state index in [-0.39, 0.29) is 38.8 Å². The molecule has 2 aromatic heterocycles. The number of pyridine rings is 1. The summed E-state index contributed by atoms with van der Waals surface area (Å²) in [6.07, 6.45) is -0.305. The van der Waals surface area contributed by atoms with Gasteiger partial charge >= 0.3 is 0 Å². The summed E-state index contributed by atoms with van der Waals surface area (Å²) in [7, 11) is 1.39. The van der Waals surface area contributed by atoms with Crippen molar-refractivity contribution in [2.75, 3.05) is 19.0 Å². The molecule has 0 saturated carbocycles. The number of amides is 3. The van der Waals surface area contributed by atoms with Crippen LogP contribution < -0.4 is 16.1 Å². The fourth-order valence-electron chi connectivity index (χ4n) is 3.30. The molecule has 0 radical (unpaired) electrons. The number of aryl methyl sites for hydroxylation is 1. The van der Waals surface area contributed by atoms with Crippen molar-refractivity contribution < 1.29 is 28.0 Å². The first-order valence-electron chi connectivity index (χ1n) is 10.6. The summed E-state index contributed by atoms with van der Waals surface area (Å²) in [5.74, 6) is -2.15. The predicted octanol–water partition coefficient (Wildman–Crippen LogP) is 2.70. The molecule has 1 aromatic carbocycles. The summed E-state index contributed by atoms with van der Waals surface area (Å²) in [5.41, 5.74) is 2.31. The second kappa shape index (κ2) is 12.0. The highest BCUT2D eigenvalue weighted by molar-refractivity contribution is 6.33. The van der Waals surface area contributed by atoms with Crippen LogP contribution in [0, 0.1) is 18.3 Å². The molecule has 14 heteroatoms. The van der Waals surface area contributed by atoms with E-state index in [0.29, 0.717) is 5.56 Å². The minimum absolute atomic E-state index is 0.0183. The third kappa shape index (κ3) is 6.43. The Morgan fingerprint density at radius 1 is 1.24 bits per heavy atom. The summed E-state index contributed by atoms with van der Waals surface area (Å²) in [6.45, 7) is 0.259. The van der Waals surface area contributed by atoms with Crippen molar-refractivity contribution in [3.05, 3.63) is 63.9 Å². The van der Waals surface area contributed by atoms with Crippen LogP contribution in [0.25, 0.3) is 11.4 Å². The molecule has 0 fully saturated rings. The third-order valence-corrected chi connectivity index (χ3v) is 5.28. The van der Waals surface area contributed by atoms with Gasteiger partial charge in [-0.15, -0.1) is 0 Å². The van der Waals surface area contributed by atoms with Crippen molar-refractivity contribution in [1.29, 1.82) is 5.26 Å². The molecule has 0 bridgehead atoms. The molecule has 0 saturated heterocycles. The second-order valence-electron chi connectivity index (χ2n) is 7.49. The van der Waals surface area contributed by atoms with E-state index in [1.165, 1.54) is 37.5 Å². The lowest BCUT2D eigenvalue weighted by atomic mass is 10.0. The Kier molecular flexibility index (Phi) is 8.83. The van der Waals surface area contributed by atoms with Crippen LogP contribution in [0.15, 0.2) is 36.7 Å². The third-order valence-electron chi connectivity index (χ3n) is 4.97. The first-order valence-corrected chi connectivity index (χ1v) is 11.0. The molecular weight excluding hydrogens is 512 g/mol. The van der Waals surface area contributed by atoms with E-state index in [9.17, 15) is 28.4 Å². The summed E-state index contributed by atoms with van der Waals surface area (Å²) < 4.78 is 27.3. The predicted molar refractivity (Wildman–Crippen MR) is 128 cm³/mol. The van der Waals surface area contributed by atoms with Crippen LogP contribution in [0.4, 0.5) is 14.5 Å². The lowest BCUT2D eigenvalue weighted by Crippen LogP contribution is -2.31. The normalized spacial score (nSPS) is 10.6. The number of hydrogen-bond acceptors (Lipinski definition) is 7. The van der Waals surface area contributed by atoms with Gasteiger partial charge in [0.15, 0.2) is 6.61 Å². The number of benzene rings is 1. The molecule has 3 rings (SSSR count). The number of carbonyl (C=O) groups is 3. The minimum atomic E-state index is -2.78. The van der Waals surface area contributed by atoms with Crippen LogP contribution in [0.5, 0.6) is 0 Å². The second-order valence-corrected chi connectivity index (χ2v) is 7.90. The van der Waals surface area contributed by atoms with Crippen LogP contribution in [0.1, 0.15) is 31.8 Å². The number of likely N-dealkylation sites (N-methyl/N-ethyl adjacent to an activating group) is 1. The monoisotopic (exact) mass is 531 g/mol. The Hall–Kier alpha value is -4.41. The molecule has 0 aliphatic carbocycles. The number of aromatic nitrogens is 3. The van der Waals surface area contributed by atoms with Crippen molar-refractivity contribution in [1.82, 2.24) is 25.6 Å². The zero-order valence-electron chi connectivity index (χ0n) is 19.5. The lowest BCUT2D eigenvalue weighted by Gasteiger charge is -2.15. The van der Waals surface area contributed by atoms with Crippen LogP contribution in [-0.2, 0) is 16.2 Å². The number of nitriles is 1. The van der Waals surface area contributed by atoms with Gasteiger partial charge in [-0.3, -0.25) is 28.9 Å². The van der Waals surface area contributed by atoms with Gasteiger partial charge in [0.2, 0.25) is 5.91 Å². The molecule has 0 aliphatic heterocycles. The van der Waals surface area contributed by atoms with Crippen LogP contribution in [0.2, 0.25) is 5.02 Å². The molecule has 2 heterocycles. The number of alkyl halides is 2. The first-order chi connectivity index (χ1) is 17.7. The molecular formula is C23H20ClF2N7O4. The van der Waals surface area contributed by atoms with Crippen molar-refractivity contribution in [3.63, 3.8) is 0 Å². The summed E-state index contributed by atoms with van der Waals surface area (Å²) >= 11 is 6.22. The van der Waals surface area contributed by atoms with Gasteiger partial charge in [0.1, 0.15) is 17.9 Å². The van der Waals surface area contributed by atoms with E-state index < -0.39 is 37.3 Å². The minimum Gasteiger partial charge on any atom is -0.357 e. The quantitative estimate of drug-likeness (QED) is 0.359. The Labute approximate surface area is 214 Å².